The zero-order valence-electron chi connectivity index (χ0n) is 14.3. The molecular weight excluding hydrogens is 308 g/mol. The minimum Gasteiger partial charge on any atom is -0.396 e. The van der Waals surface area contributed by atoms with Crippen LogP contribution in [0.3, 0.4) is 0 Å². The Bertz CT molecular complexity index is 759. The van der Waals surface area contributed by atoms with Crippen molar-refractivity contribution in [2.75, 3.05) is 13.2 Å². The van der Waals surface area contributed by atoms with E-state index in [0.717, 1.165) is 19.5 Å². The van der Waals surface area contributed by atoms with Crippen LogP contribution < -0.4 is 5.32 Å². The van der Waals surface area contributed by atoms with Gasteiger partial charge in [0.05, 0.1) is 0 Å². The lowest BCUT2D eigenvalue weighted by Crippen LogP contribution is -2.22. The van der Waals surface area contributed by atoms with Gasteiger partial charge in [0.15, 0.2) is 0 Å². The predicted octanol–water partition coefficient (Wildman–Crippen LogP) is 4.00. The average molecular weight is 332 g/mol. The van der Waals surface area contributed by atoms with Crippen molar-refractivity contribution < 1.29 is 5.11 Å². The van der Waals surface area contributed by atoms with Crippen LogP contribution in [-0.2, 0) is 6.54 Å². The fraction of sp³-hybridized carbons (Fsp3) is 0.227. The summed E-state index contributed by atoms with van der Waals surface area (Å²) in [4.78, 5) is 4.08. The maximum Gasteiger partial charge on any atom is 0.0437 e. The van der Waals surface area contributed by atoms with E-state index in [1.807, 2.05) is 30.6 Å². The second kappa shape index (κ2) is 9.11. The first kappa shape index (κ1) is 17.3. The molecule has 25 heavy (non-hydrogen) atoms. The summed E-state index contributed by atoms with van der Waals surface area (Å²) in [5, 5.41) is 12.9. The first-order chi connectivity index (χ1) is 12.4. The maximum absolute atomic E-state index is 9.34. The Kier molecular flexibility index (Phi) is 6.32. The Morgan fingerprint density at radius 3 is 2.44 bits per heavy atom. The summed E-state index contributed by atoms with van der Waals surface area (Å²) in [7, 11) is 0. The first-order valence-electron chi connectivity index (χ1n) is 8.72. The van der Waals surface area contributed by atoms with Crippen LogP contribution >= 0.6 is 0 Å². The Labute approximate surface area is 149 Å². The molecule has 0 radical (unpaired) electrons. The highest BCUT2D eigenvalue weighted by Crippen LogP contribution is 2.20. The highest BCUT2D eigenvalue weighted by Gasteiger charge is 2.10. The SMILES string of the molecule is OCCC(CNCc1cccc(-c2ccncc2)c1)c1ccccc1. The molecule has 0 saturated carbocycles. The predicted molar refractivity (Wildman–Crippen MR) is 102 cm³/mol. The van der Waals surface area contributed by atoms with Crippen molar-refractivity contribution in [2.45, 2.75) is 18.9 Å². The van der Waals surface area contributed by atoms with Gasteiger partial charge in [0.25, 0.3) is 0 Å². The molecule has 128 valence electrons. The third-order valence-electron chi connectivity index (χ3n) is 4.41. The normalized spacial score (nSPS) is 12.0. The largest absolute Gasteiger partial charge is 0.396 e. The van der Waals surface area contributed by atoms with Crippen molar-refractivity contribution in [2.24, 2.45) is 0 Å². The van der Waals surface area contributed by atoms with Gasteiger partial charge < -0.3 is 10.4 Å². The molecule has 2 aromatic carbocycles. The van der Waals surface area contributed by atoms with Gasteiger partial charge in [-0.1, -0.05) is 48.5 Å². The van der Waals surface area contributed by atoms with Crippen LogP contribution in [0.25, 0.3) is 11.1 Å². The molecule has 3 rings (SSSR count). The molecule has 3 heteroatoms. The second-order valence-corrected chi connectivity index (χ2v) is 6.19. The number of aliphatic hydroxyl groups excluding tert-OH is 1. The van der Waals surface area contributed by atoms with Gasteiger partial charge in [-0.15, -0.1) is 0 Å². The van der Waals surface area contributed by atoms with Crippen LogP contribution in [0.15, 0.2) is 79.1 Å². The quantitative estimate of drug-likeness (QED) is 0.655. The maximum atomic E-state index is 9.34. The van der Waals surface area contributed by atoms with Crippen molar-refractivity contribution in [1.82, 2.24) is 10.3 Å². The molecule has 3 aromatic rings. The lowest BCUT2D eigenvalue weighted by Gasteiger charge is -2.17. The Morgan fingerprint density at radius 1 is 0.880 bits per heavy atom. The van der Waals surface area contributed by atoms with Crippen LogP contribution in [-0.4, -0.2) is 23.2 Å². The molecule has 0 fully saturated rings. The number of benzene rings is 2. The van der Waals surface area contributed by atoms with Crippen molar-refractivity contribution in [1.29, 1.82) is 0 Å². The summed E-state index contributed by atoms with van der Waals surface area (Å²) >= 11 is 0. The molecule has 0 aliphatic carbocycles. The molecule has 1 unspecified atom stereocenters. The zero-order valence-corrected chi connectivity index (χ0v) is 14.3. The van der Waals surface area contributed by atoms with E-state index in [2.05, 4.69) is 58.8 Å². The highest BCUT2D eigenvalue weighted by molar-refractivity contribution is 5.63. The molecule has 3 nitrogen and oxygen atoms in total. The Balaban J connectivity index is 1.61. The van der Waals surface area contributed by atoms with Gasteiger partial charge >= 0.3 is 0 Å². The van der Waals surface area contributed by atoms with Crippen molar-refractivity contribution >= 4 is 0 Å². The third kappa shape index (κ3) is 4.99. The number of aromatic nitrogens is 1. The molecule has 0 spiro atoms. The molecule has 0 bridgehead atoms. The summed E-state index contributed by atoms with van der Waals surface area (Å²) in [6, 6.07) is 23.0. The van der Waals surface area contributed by atoms with E-state index >= 15 is 0 Å². The van der Waals surface area contributed by atoms with E-state index in [1.54, 1.807) is 0 Å². The number of aliphatic hydroxyl groups is 1. The summed E-state index contributed by atoms with van der Waals surface area (Å²) in [6.07, 6.45) is 4.41. The summed E-state index contributed by atoms with van der Waals surface area (Å²) in [5.74, 6) is 0.328. The van der Waals surface area contributed by atoms with Crippen LogP contribution in [0.1, 0.15) is 23.5 Å². The number of pyridine rings is 1. The van der Waals surface area contributed by atoms with Gasteiger partial charge in [0, 0.05) is 32.1 Å². The smallest absolute Gasteiger partial charge is 0.0437 e. The fourth-order valence-electron chi connectivity index (χ4n) is 3.06. The van der Waals surface area contributed by atoms with Gasteiger partial charge in [-0.2, -0.15) is 0 Å². The molecule has 1 heterocycles. The van der Waals surface area contributed by atoms with E-state index in [9.17, 15) is 5.11 Å². The number of hydrogen-bond donors (Lipinski definition) is 2. The average Bonchev–Trinajstić information content (AvgIpc) is 2.69. The topological polar surface area (TPSA) is 45.1 Å². The molecule has 1 aromatic heterocycles. The molecule has 0 aliphatic heterocycles. The third-order valence-corrected chi connectivity index (χ3v) is 4.41. The summed E-state index contributed by atoms with van der Waals surface area (Å²) in [6.45, 7) is 1.87. The summed E-state index contributed by atoms with van der Waals surface area (Å²) < 4.78 is 0. The van der Waals surface area contributed by atoms with Gasteiger partial charge in [-0.05, 0) is 52.8 Å². The van der Waals surface area contributed by atoms with Crippen LogP contribution in [0, 0.1) is 0 Å². The molecule has 0 saturated heterocycles. The number of nitrogens with zero attached hydrogens (tertiary/aromatic N) is 1. The van der Waals surface area contributed by atoms with Gasteiger partial charge in [0.2, 0.25) is 0 Å². The molecule has 1 atom stereocenters. The van der Waals surface area contributed by atoms with Crippen molar-refractivity contribution in [3.63, 3.8) is 0 Å². The van der Waals surface area contributed by atoms with E-state index in [4.69, 9.17) is 0 Å². The fourth-order valence-corrected chi connectivity index (χ4v) is 3.06. The van der Waals surface area contributed by atoms with E-state index < -0.39 is 0 Å². The standard InChI is InChI=1S/C22H24N2O/c25-14-11-22(19-6-2-1-3-7-19)17-24-16-18-5-4-8-21(15-18)20-9-12-23-13-10-20/h1-10,12-13,15,22,24-25H,11,14,16-17H2. The molecule has 0 amide bonds. The lowest BCUT2D eigenvalue weighted by atomic mass is 9.96. The minimum absolute atomic E-state index is 0.207. The second-order valence-electron chi connectivity index (χ2n) is 6.19. The molecule has 2 N–H and O–H groups in total. The minimum atomic E-state index is 0.207. The van der Waals surface area contributed by atoms with Crippen molar-refractivity contribution in [3.05, 3.63) is 90.3 Å². The number of hydrogen-bond acceptors (Lipinski definition) is 3. The van der Waals surface area contributed by atoms with Crippen LogP contribution in [0.2, 0.25) is 0 Å². The number of nitrogens with one attached hydrogen (secondary N) is 1. The zero-order chi connectivity index (χ0) is 17.3. The van der Waals surface area contributed by atoms with Crippen molar-refractivity contribution in [3.8, 4) is 11.1 Å². The van der Waals surface area contributed by atoms with Gasteiger partial charge in [-0.25, -0.2) is 0 Å². The highest BCUT2D eigenvalue weighted by atomic mass is 16.3. The van der Waals surface area contributed by atoms with Crippen LogP contribution in [0.5, 0.6) is 0 Å². The monoisotopic (exact) mass is 332 g/mol. The van der Waals surface area contributed by atoms with E-state index in [-0.39, 0.29) is 6.61 Å². The van der Waals surface area contributed by atoms with Crippen LogP contribution in [0.4, 0.5) is 0 Å². The summed E-state index contributed by atoms with van der Waals surface area (Å²) in [5.41, 5.74) is 4.91. The first-order valence-corrected chi connectivity index (χ1v) is 8.72. The van der Waals surface area contributed by atoms with Gasteiger partial charge in [0.1, 0.15) is 0 Å². The van der Waals surface area contributed by atoms with E-state index in [0.29, 0.717) is 5.92 Å². The molecule has 0 aliphatic rings. The van der Waals surface area contributed by atoms with E-state index in [1.165, 1.54) is 22.3 Å². The Morgan fingerprint density at radius 2 is 1.68 bits per heavy atom. The van der Waals surface area contributed by atoms with Gasteiger partial charge in [-0.3, -0.25) is 4.98 Å². The molecular formula is C22H24N2O. The lowest BCUT2D eigenvalue weighted by molar-refractivity contribution is 0.273. The Hall–Kier alpha value is -2.49. The number of rotatable bonds is 8.